The van der Waals surface area contributed by atoms with E-state index in [1.54, 1.807) is 80.3 Å². The van der Waals surface area contributed by atoms with Crippen LogP contribution in [0.1, 0.15) is 67.5 Å². The molecule has 0 spiro atoms. The van der Waals surface area contributed by atoms with Gasteiger partial charge in [0, 0.05) is 78.1 Å². The lowest BCUT2D eigenvalue weighted by Gasteiger charge is -2.43. The Labute approximate surface area is 569 Å². The Morgan fingerprint density at radius 1 is 0.468 bits per heavy atom. The van der Waals surface area contributed by atoms with Crippen LogP contribution in [0, 0.1) is 13.8 Å². The molecule has 9 nitrogen and oxygen atoms in total. The topological polar surface area (TPSA) is 78.9 Å². The summed E-state index contributed by atoms with van der Waals surface area (Å²) in [6.45, 7) is 12.4. The van der Waals surface area contributed by atoms with Crippen LogP contribution in [0.4, 0.5) is 26.3 Å². The highest BCUT2D eigenvalue weighted by atomic mass is 35.5. The molecular weight excluding hydrogens is 1310 g/mol. The molecule has 94 heavy (non-hydrogen) atoms. The molecule has 0 aliphatic rings. The molecule has 0 saturated heterocycles. The first-order chi connectivity index (χ1) is 44.6. The number of rotatable bonds is 31. The third kappa shape index (κ3) is 23.5. The number of hydrogen-bond donors (Lipinski definition) is 0. The number of carbonyl (C=O) groups excluding carboxylic acids is 1. The van der Waals surface area contributed by atoms with Crippen molar-refractivity contribution in [1.29, 1.82) is 0 Å². The molecule has 0 bridgehead atoms. The van der Waals surface area contributed by atoms with Crippen molar-refractivity contribution in [2.45, 2.75) is 102 Å². The summed E-state index contributed by atoms with van der Waals surface area (Å²) >= 11 is 24.5. The monoisotopic (exact) mass is 1390 g/mol. The fourth-order valence-electron chi connectivity index (χ4n) is 10.4. The van der Waals surface area contributed by atoms with E-state index in [0.717, 1.165) is 59.1 Å². The molecule has 3 atom stereocenters. The Bertz CT molecular complexity index is 3480. The van der Waals surface area contributed by atoms with Crippen LogP contribution in [0.5, 0.6) is 11.5 Å². The Kier molecular flexibility index (Phi) is 28.1. The van der Waals surface area contributed by atoms with E-state index in [4.69, 9.17) is 74.5 Å². The highest BCUT2D eigenvalue weighted by Gasteiger charge is 2.64. The number of hydrogen-bond acceptors (Lipinski definition) is 9. The van der Waals surface area contributed by atoms with Crippen molar-refractivity contribution in [2.75, 3.05) is 60.6 Å². The van der Waals surface area contributed by atoms with Gasteiger partial charge in [0.25, 0.3) is 11.6 Å². The first-order valence-corrected chi connectivity index (χ1v) is 35.6. The van der Waals surface area contributed by atoms with Crippen molar-refractivity contribution < 1.29 is 59.2 Å². The zero-order chi connectivity index (χ0) is 68.2. The van der Waals surface area contributed by atoms with Crippen LogP contribution >= 0.6 is 46.4 Å². The molecule has 0 aliphatic heterocycles. The second-order valence-corrected chi connectivity index (χ2v) is 30.4. The zero-order valence-corrected chi connectivity index (χ0v) is 57.9. The number of methoxy groups -OCH3 is 1. The maximum atomic E-state index is 14.9. The fourth-order valence-corrected chi connectivity index (χ4v) is 12.2. The van der Waals surface area contributed by atoms with E-state index in [-0.39, 0.29) is 37.9 Å². The van der Waals surface area contributed by atoms with Crippen LogP contribution < -0.4 is 9.47 Å². The lowest BCUT2D eigenvalue weighted by Crippen LogP contribution is -2.63. The van der Waals surface area contributed by atoms with Gasteiger partial charge in [-0.25, -0.2) is 0 Å². The number of halogens is 10. The largest absolute Gasteiger partial charge is 0.492 e. The van der Waals surface area contributed by atoms with Gasteiger partial charge in [-0.15, -0.1) is 0 Å². The summed E-state index contributed by atoms with van der Waals surface area (Å²) in [6, 6.07) is 59.7. The first-order valence-electron chi connectivity index (χ1n) is 30.7. The first kappa shape index (κ1) is 75.1. The Hall–Kier alpha value is -6.25. The van der Waals surface area contributed by atoms with E-state index in [1.807, 2.05) is 161 Å². The number of Topliss-reactive ketones (excluding diaryl/α,β-unsaturated/α-hetero) is 1. The molecule has 8 rings (SSSR count). The maximum Gasteiger partial charge on any atom is 0.452 e. The molecule has 20 heteroatoms. The van der Waals surface area contributed by atoms with Gasteiger partial charge in [-0.05, 0) is 165 Å². The van der Waals surface area contributed by atoms with Gasteiger partial charge in [-0.3, -0.25) is 4.79 Å². The Morgan fingerprint density at radius 2 is 0.798 bits per heavy atom. The van der Waals surface area contributed by atoms with Gasteiger partial charge in [0.05, 0.1) is 13.2 Å². The van der Waals surface area contributed by atoms with Crippen molar-refractivity contribution in [3.05, 3.63) is 270 Å². The molecule has 0 aliphatic carbocycles. The van der Waals surface area contributed by atoms with Crippen LogP contribution in [0.2, 0.25) is 39.7 Å². The molecule has 3 unspecified atom stereocenters. The van der Waals surface area contributed by atoms with E-state index in [1.165, 1.54) is 0 Å². The number of ketones is 1. The van der Waals surface area contributed by atoms with Gasteiger partial charge in [0.2, 0.25) is 0 Å². The summed E-state index contributed by atoms with van der Waals surface area (Å²) in [6.07, 6.45) is -13.3. The van der Waals surface area contributed by atoms with E-state index in [0.29, 0.717) is 74.6 Å². The standard InChI is InChI=1S/C39H46Cl2F3NO4Si.C35H34Cl2F3NO3/c1-28-7-9-30(10-8-28)27-48-37(38(46-3,39(42,43)44)49-50(4,5)6)25-29-11-21-35(22-12-29)47-24-23-45(2)26-36(31-13-17-33(40)18-14-31)32-15-19-34(41)20-16-32;1-24-3-5-26(6-4-24)23-44-33(34(42)35(38,39)40)21-25-7-17-31(18-8-25)43-20-19-41(2)22-32(27-9-13-29(36)14-10-27)28-11-15-30(37)16-12-28/h7-22,36-37H,23-27H2,1-6H3;3-18,32-33H,19-23H2,1-2H3. The van der Waals surface area contributed by atoms with Crippen LogP contribution in [0.25, 0.3) is 0 Å². The third-order valence-electron chi connectivity index (χ3n) is 15.5. The molecule has 0 aromatic heterocycles. The predicted molar refractivity (Wildman–Crippen MR) is 367 cm³/mol. The third-order valence-corrected chi connectivity index (χ3v) is 17.5. The number of benzene rings is 8. The van der Waals surface area contributed by atoms with Crippen molar-refractivity contribution >= 4 is 60.5 Å². The number of aryl methyl sites for hydroxylation is 2. The lowest BCUT2D eigenvalue weighted by atomic mass is 9.91. The minimum absolute atomic E-state index is 0.0349. The van der Waals surface area contributed by atoms with Crippen molar-refractivity contribution in [3.8, 4) is 11.5 Å². The summed E-state index contributed by atoms with van der Waals surface area (Å²) in [7, 11) is 2.31. The van der Waals surface area contributed by atoms with Gasteiger partial charge < -0.3 is 37.9 Å². The van der Waals surface area contributed by atoms with Crippen molar-refractivity contribution in [3.63, 3.8) is 0 Å². The van der Waals surface area contributed by atoms with Gasteiger partial charge in [-0.1, -0.05) is 179 Å². The quantitative estimate of drug-likeness (QED) is 0.0240. The zero-order valence-electron chi connectivity index (χ0n) is 53.9. The van der Waals surface area contributed by atoms with Gasteiger partial charge >= 0.3 is 12.4 Å². The number of ether oxygens (including phenoxy) is 5. The summed E-state index contributed by atoms with van der Waals surface area (Å²) in [4.78, 5) is 16.5. The molecule has 0 saturated carbocycles. The summed E-state index contributed by atoms with van der Waals surface area (Å²) in [5, 5.41) is 2.71. The predicted octanol–water partition coefficient (Wildman–Crippen LogP) is 19.0. The molecule has 0 radical (unpaired) electrons. The molecule has 502 valence electrons. The minimum atomic E-state index is -4.99. The molecular formula is C74H80Cl4F6N2O7Si. The summed E-state index contributed by atoms with van der Waals surface area (Å²) in [5.74, 6) is -3.47. The highest BCUT2D eigenvalue weighted by Crippen LogP contribution is 2.42. The molecule has 8 aromatic carbocycles. The van der Waals surface area contributed by atoms with E-state index in [2.05, 4.69) is 9.80 Å². The molecule has 0 fully saturated rings. The van der Waals surface area contributed by atoms with Crippen molar-refractivity contribution in [2.24, 2.45) is 0 Å². The smallest absolute Gasteiger partial charge is 0.452 e. The van der Waals surface area contributed by atoms with E-state index < -0.39 is 44.4 Å². The van der Waals surface area contributed by atoms with E-state index in [9.17, 15) is 31.1 Å². The Morgan fingerprint density at radius 3 is 1.12 bits per heavy atom. The van der Waals surface area contributed by atoms with Gasteiger partial charge in [0.1, 0.15) is 36.9 Å². The molecule has 8 aromatic rings. The molecule has 0 N–H and O–H groups in total. The lowest BCUT2D eigenvalue weighted by molar-refractivity contribution is -0.382. The normalized spacial score (nSPS) is 13.4. The average molecular weight is 1390 g/mol. The summed E-state index contributed by atoms with van der Waals surface area (Å²) in [5.41, 5.74) is 9.21. The SMILES string of the molecule is COC(O[Si](C)(C)C)(C(Cc1ccc(OCCN(C)CC(c2ccc(Cl)cc2)c2ccc(Cl)cc2)cc1)OCc1ccc(C)cc1)C(F)(F)F.Cc1ccc(COC(Cc2ccc(OCCN(C)CC(c3ccc(Cl)cc3)c3ccc(Cl)cc3)cc2)C(=O)C(F)(F)F)cc1. The number of alkyl halides is 6. The number of likely N-dealkylation sites (N-methyl/N-ethyl adjacent to an activating group) is 2. The second kappa shape index (κ2) is 35.1. The maximum absolute atomic E-state index is 14.9. The van der Waals surface area contributed by atoms with Crippen LogP contribution in [0.15, 0.2) is 194 Å². The van der Waals surface area contributed by atoms with E-state index >= 15 is 0 Å². The molecule has 0 amide bonds. The summed E-state index contributed by atoms with van der Waals surface area (Å²) < 4.78 is 119. The van der Waals surface area contributed by atoms with Crippen molar-refractivity contribution in [1.82, 2.24) is 9.80 Å². The Balaban J connectivity index is 0.000000268. The fraction of sp³-hybridized carbons (Fsp3) is 0.338. The number of carbonyl (C=O) groups is 1. The number of nitrogens with zero attached hydrogens (tertiary/aromatic N) is 2. The minimum Gasteiger partial charge on any atom is -0.492 e. The van der Waals surface area contributed by atoms with Crippen LogP contribution in [-0.4, -0.2) is 115 Å². The van der Waals surface area contributed by atoms with Gasteiger partial charge in [0.15, 0.2) is 8.32 Å². The molecule has 0 heterocycles. The second-order valence-electron chi connectivity index (χ2n) is 24.2. The average Bonchev–Trinajstić information content (AvgIpc) is 0.767. The van der Waals surface area contributed by atoms with Crippen LogP contribution in [0.3, 0.4) is 0 Å². The van der Waals surface area contributed by atoms with Gasteiger partial charge in [-0.2, -0.15) is 26.3 Å². The van der Waals surface area contributed by atoms with Crippen LogP contribution in [-0.2, 0) is 49.5 Å². The highest BCUT2D eigenvalue weighted by molar-refractivity contribution is 6.69.